The molecule has 0 atom stereocenters. The Kier molecular flexibility index (Phi) is 2.82. The lowest BCUT2D eigenvalue weighted by atomic mass is 10.3. The Morgan fingerprint density at radius 2 is 2.14 bits per heavy atom. The van der Waals surface area contributed by atoms with Crippen LogP contribution in [0.5, 0.6) is 0 Å². The van der Waals surface area contributed by atoms with Crippen LogP contribution in [0.4, 0.5) is 0 Å². The molecule has 0 aliphatic rings. The van der Waals surface area contributed by atoms with Crippen molar-refractivity contribution in [2.75, 3.05) is 7.05 Å². The number of carbonyl (C=O) groups is 1. The molecule has 0 radical (unpaired) electrons. The van der Waals surface area contributed by atoms with Gasteiger partial charge < -0.3 is 5.11 Å². The van der Waals surface area contributed by atoms with Crippen LogP contribution >= 0.6 is 0 Å². The van der Waals surface area contributed by atoms with Gasteiger partial charge in [0.15, 0.2) is 5.03 Å². The molecule has 1 aromatic heterocycles. The first-order valence-corrected chi connectivity index (χ1v) is 5.08. The largest absolute Gasteiger partial charge is 0.478 e. The fourth-order valence-corrected chi connectivity index (χ4v) is 1.42. The van der Waals surface area contributed by atoms with Crippen molar-refractivity contribution in [1.29, 1.82) is 0 Å². The van der Waals surface area contributed by atoms with Crippen LogP contribution in [0.25, 0.3) is 0 Å². The van der Waals surface area contributed by atoms with Crippen molar-refractivity contribution in [3.8, 4) is 0 Å². The minimum Gasteiger partial charge on any atom is -0.478 e. The highest BCUT2D eigenvalue weighted by atomic mass is 32.2. The number of hydrogen-bond donors (Lipinski definition) is 2. The summed E-state index contributed by atoms with van der Waals surface area (Å²) in [5, 5.41) is 8.33. The van der Waals surface area contributed by atoms with E-state index in [1.165, 1.54) is 13.1 Å². The number of carboxylic acids is 1. The van der Waals surface area contributed by atoms with Crippen molar-refractivity contribution < 1.29 is 18.3 Å². The van der Waals surface area contributed by atoms with E-state index in [0.717, 1.165) is 12.3 Å². The summed E-state index contributed by atoms with van der Waals surface area (Å²) in [7, 11) is -2.34. The number of nitrogens with zero attached hydrogens (tertiary/aromatic N) is 1. The number of sulfonamides is 1. The van der Waals surface area contributed by atoms with Crippen molar-refractivity contribution >= 4 is 16.0 Å². The third-order valence-electron chi connectivity index (χ3n) is 1.53. The van der Waals surface area contributed by atoms with Crippen LogP contribution in [-0.2, 0) is 10.0 Å². The third-order valence-corrected chi connectivity index (χ3v) is 2.86. The molecule has 0 saturated carbocycles. The highest BCUT2D eigenvalue weighted by molar-refractivity contribution is 7.89. The van der Waals surface area contributed by atoms with Crippen LogP contribution in [-0.4, -0.2) is 31.5 Å². The molecular formula is C7H8N2O4S. The van der Waals surface area contributed by atoms with Gasteiger partial charge in [0.25, 0.3) is 10.0 Å². The normalized spacial score (nSPS) is 11.2. The zero-order valence-corrected chi connectivity index (χ0v) is 8.08. The summed E-state index contributed by atoms with van der Waals surface area (Å²) >= 11 is 0. The van der Waals surface area contributed by atoms with E-state index in [-0.39, 0.29) is 10.6 Å². The Morgan fingerprint density at radius 3 is 2.50 bits per heavy atom. The van der Waals surface area contributed by atoms with E-state index in [9.17, 15) is 13.2 Å². The highest BCUT2D eigenvalue weighted by Crippen LogP contribution is 2.05. The van der Waals surface area contributed by atoms with E-state index in [0.29, 0.717) is 0 Å². The fraction of sp³-hybridized carbons (Fsp3) is 0.143. The number of pyridine rings is 1. The molecule has 6 nitrogen and oxygen atoms in total. The Bertz CT molecular complexity index is 437. The number of hydrogen-bond acceptors (Lipinski definition) is 4. The second-order valence-corrected chi connectivity index (χ2v) is 4.23. The lowest BCUT2D eigenvalue weighted by molar-refractivity contribution is 0.0696. The van der Waals surface area contributed by atoms with Gasteiger partial charge in [-0.2, -0.15) is 0 Å². The molecule has 0 spiro atoms. The SMILES string of the molecule is CNS(=O)(=O)c1ccc(C(=O)O)cn1. The van der Waals surface area contributed by atoms with Crippen LogP contribution < -0.4 is 4.72 Å². The first kappa shape index (κ1) is 10.6. The predicted octanol–water partition coefficient (Wildman–Crippen LogP) is -0.312. The van der Waals surface area contributed by atoms with Gasteiger partial charge in [-0.15, -0.1) is 0 Å². The van der Waals surface area contributed by atoms with Crippen molar-refractivity contribution in [3.63, 3.8) is 0 Å². The van der Waals surface area contributed by atoms with Gasteiger partial charge in [-0.25, -0.2) is 22.9 Å². The lowest BCUT2D eigenvalue weighted by Crippen LogP contribution is -2.19. The van der Waals surface area contributed by atoms with E-state index >= 15 is 0 Å². The summed E-state index contributed by atoms with van der Waals surface area (Å²) in [5.74, 6) is -1.15. The number of carboxylic acid groups (broad SMARTS) is 1. The van der Waals surface area contributed by atoms with E-state index in [4.69, 9.17) is 5.11 Å². The van der Waals surface area contributed by atoms with Crippen molar-refractivity contribution in [1.82, 2.24) is 9.71 Å². The second-order valence-electron chi connectivity index (χ2n) is 2.40. The highest BCUT2D eigenvalue weighted by Gasteiger charge is 2.13. The maximum atomic E-state index is 11.2. The molecule has 0 unspecified atom stereocenters. The van der Waals surface area contributed by atoms with Gasteiger partial charge in [0, 0.05) is 6.20 Å². The van der Waals surface area contributed by atoms with E-state index < -0.39 is 16.0 Å². The van der Waals surface area contributed by atoms with Gasteiger partial charge in [0.1, 0.15) is 0 Å². The van der Waals surface area contributed by atoms with Crippen molar-refractivity contribution in [2.45, 2.75) is 5.03 Å². The molecule has 0 bridgehead atoms. The zero-order valence-electron chi connectivity index (χ0n) is 7.26. The third kappa shape index (κ3) is 2.06. The summed E-state index contributed by atoms with van der Waals surface area (Å²) in [4.78, 5) is 13.9. The van der Waals surface area contributed by atoms with Crippen LogP contribution in [0.15, 0.2) is 23.4 Å². The number of aromatic carboxylic acids is 1. The maximum Gasteiger partial charge on any atom is 0.337 e. The molecule has 0 saturated heterocycles. The van der Waals surface area contributed by atoms with Gasteiger partial charge in [0.05, 0.1) is 5.56 Å². The molecule has 76 valence electrons. The number of nitrogens with one attached hydrogen (secondary N) is 1. The predicted molar refractivity (Wildman–Crippen MR) is 47.4 cm³/mol. The molecule has 0 aliphatic carbocycles. The van der Waals surface area contributed by atoms with Gasteiger partial charge in [-0.05, 0) is 19.2 Å². The van der Waals surface area contributed by atoms with E-state index in [2.05, 4.69) is 9.71 Å². The Balaban J connectivity index is 3.12. The average Bonchev–Trinajstić information content (AvgIpc) is 2.18. The Hall–Kier alpha value is -1.47. The molecule has 0 amide bonds. The molecular weight excluding hydrogens is 208 g/mol. The van der Waals surface area contributed by atoms with Gasteiger partial charge >= 0.3 is 5.97 Å². The van der Waals surface area contributed by atoms with Crippen LogP contribution in [0.1, 0.15) is 10.4 Å². The molecule has 0 aromatic carbocycles. The molecule has 1 aromatic rings. The van der Waals surface area contributed by atoms with Gasteiger partial charge in [-0.1, -0.05) is 0 Å². The summed E-state index contributed by atoms with van der Waals surface area (Å²) in [6, 6.07) is 2.31. The Morgan fingerprint density at radius 1 is 1.50 bits per heavy atom. The Labute approximate surface area is 80.6 Å². The van der Waals surface area contributed by atoms with Crippen LogP contribution in [0, 0.1) is 0 Å². The van der Waals surface area contributed by atoms with Crippen molar-refractivity contribution in [2.24, 2.45) is 0 Å². The maximum absolute atomic E-state index is 11.2. The lowest BCUT2D eigenvalue weighted by Gasteiger charge is -2.00. The van der Waals surface area contributed by atoms with E-state index in [1.54, 1.807) is 0 Å². The average molecular weight is 216 g/mol. The first-order valence-electron chi connectivity index (χ1n) is 3.60. The number of aromatic nitrogens is 1. The molecule has 7 heteroatoms. The standard InChI is InChI=1S/C7H8N2O4S/c1-8-14(12,13)6-3-2-5(4-9-6)7(10)11/h2-4,8H,1H3,(H,10,11). The zero-order chi connectivity index (χ0) is 10.8. The summed E-state index contributed by atoms with van der Waals surface area (Å²) in [5.41, 5.74) is -0.0555. The minimum atomic E-state index is -3.59. The number of rotatable bonds is 3. The first-order chi connectivity index (χ1) is 6.47. The van der Waals surface area contributed by atoms with Gasteiger partial charge in [-0.3, -0.25) is 0 Å². The molecule has 14 heavy (non-hydrogen) atoms. The summed E-state index contributed by atoms with van der Waals surface area (Å²) in [6.07, 6.45) is 0.993. The smallest absolute Gasteiger partial charge is 0.337 e. The second kappa shape index (κ2) is 3.72. The van der Waals surface area contributed by atoms with Crippen molar-refractivity contribution in [3.05, 3.63) is 23.9 Å². The van der Waals surface area contributed by atoms with E-state index in [1.807, 2.05) is 0 Å². The molecule has 1 rings (SSSR count). The molecule has 0 aliphatic heterocycles. The monoisotopic (exact) mass is 216 g/mol. The fourth-order valence-electron chi connectivity index (χ4n) is 0.770. The quantitative estimate of drug-likeness (QED) is 0.722. The minimum absolute atomic E-state index is 0.0555. The molecule has 2 N–H and O–H groups in total. The topological polar surface area (TPSA) is 96.4 Å². The van der Waals surface area contributed by atoms with Crippen LogP contribution in [0.3, 0.4) is 0 Å². The summed E-state index contributed by atoms with van der Waals surface area (Å²) in [6.45, 7) is 0. The molecule has 0 fully saturated rings. The summed E-state index contributed by atoms with van der Waals surface area (Å²) < 4.78 is 24.4. The van der Waals surface area contributed by atoms with Gasteiger partial charge in [0.2, 0.25) is 0 Å². The molecule has 1 heterocycles. The van der Waals surface area contributed by atoms with Crippen LogP contribution in [0.2, 0.25) is 0 Å².